The van der Waals surface area contributed by atoms with Crippen LogP contribution in [0, 0.1) is 5.92 Å². The molecule has 4 aromatic carbocycles. The number of rotatable bonds is 18. The smallest absolute Gasteiger partial charge is 0.691 e. The molecule has 4 heterocycles. The van der Waals surface area contributed by atoms with Crippen molar-refractivity contribution in [3.63, 3.8) is 0 Å². The van der Waals surface area contributed by atoms with E-state index in [1.807, 2.05) is 55.5 Å². The number of nitrogens with one attached hydrogen (secondary N) is 5. The second-order valence-corrected chi connectivity index (χ2v) is 23.2. The standard InChI is InChI=1S/C58H68N10O20S2.Na/c1-4-85-37-16-14-31(15-17-37)30-6-10-33(11-7-30)55-65-66-56(89-55)34-12-8-32(9-13-34)50(77)61-38-21-35(70)24-60-54(81)48-49(76)27(2)25-68(48)58(83)47(42(74)23-44(59)75)64-53(80)46(41(73)19-29-5-18-40(72)43(20-29)86-90-88-87-84)63-52(79)39-22-36(71)26-67(39)57(82)45(28(3)69)62-51(38)78;/h5-18,20,27-28,35-36,38-39,41-42,45-49,69-74,76,84H,4,19,21-26H2,1-3H3,(H2,59,75)(H,60,81)(H,61,77)(H,62,78)(H,63,79)(H,64,80);/q;+1/p-1/t27?,28?,35?,36?,38-,39?,41?,42?,45?,46?,47?,48?,49?;/m0./s1. The third-order valence-electron chi connectivity index (χ3n) is 15.3. The van der Waals surface area contributed by atoms with Crippen LogP contribution in [-0.2, 0) is 49.4 Å². The van der Waals surface area contributed by atoms with Crippen LogP contribution >= 0.6 is 23.7 Å². The van der Waals surface area contributed by atoms with Crippen molar-refractivity contribution in [2.75, 3.05) is 26.2 Å². The minimum Gasteiger partial charge on any atom is -0.691 e. The molecule has 3 aliphatic heterocycles. The molecule has 0 bridgehead atoms. The molecular formula is C58H67N10NaO20S2. The van der Waals surface area contributed by atoms with Crippen molar-refractivity contribution in [2.24, 2.45) is 11.7 Å². The summed E-state index contributed by atoms with van der Waals surface area (Å²) in [5, 5.41) is 114. The number of aromatic hydroxyl groups is 1. The number of nitrogens with two attached hydrogens (primary N) is 1. The van der Waals surface area contributed by atoms with Crippen molar-refractivity contribution in [1.82, 2.24) is 46.6 Å². The number of fused-ring (bicyclic) bond motifs is 2. The molecule has 0 saturated carbocycles. The fraction of sp³-hybridized carbons (Fsp3) is 0.414. The van der Waals surface area contributed by atoms with E-state index in [2.05, 4.69) is 46.2 Å². The summed E-state index contributed by atoms with van der Waals surface area (Å²) in [5.74, 6) is -10.4. The van der Waals surface area contributed by atoms with E-state index in [-0.39, 0.29) is 58.8 Å². The number of carbonyl (C=O) groups excluding carboxylic acids is 8. The average Bonchev–Trinajstić information content (AvgIpc) is 1.74. The number of phenolic OH excluding ortho intramolecular Hbond substituents is 1. The molecule has 3 aliphatic rings. The first-order chi connectivity index (χ1) is 42.9. The van der Waals surface area contributed by atoms with E-state index in [1.54, 1.807) is 12.1 Å². The zero-order valence-corrected chi connectivity index (χ0v) is 53.1. The number of nitrogens with zero attached hydrogens (tertiary/aromatic N) is 4. The number of hydrogen-bond donors (Lipinski definition) is 13. The van der Waals surface area contributed by atoms with Crippen LogP contribution in [0.25, 0.3) is 32.3 Å². The molecule has 0 radical (unpaired) electrons. The van der Waals surface area contributed by atoms with Crippen LogP contribution in [0.5, 0.6) is 17.2 Å². The monoisotopic (exact) mass is 1310 g/mol. The first kappa shape index (κ1) is 71.0. The van der Waals surface area contributed by atoms with Gasteiger partial charge in [0.1, 0.15) is 52.0 Å². The summed E-state index contributed by atoms with van der Waals surface area (Å²) < 4.78 is 14.7. The van der Waals surface area contributed by atoms with Crippen molar-refractivity contribution in [3.8, 4) is 49.5 Å². The van der Waals surface area contributed by atoms with Crippen LogP contribution in [0.1, 0.15) is 56.0 Å². The number of hydrogen-bond acceptors (Lipinski definition) is 24. The van der Waals surface area contributed by atoms with Crippen molar-refractivity contribution in [3.05, 3.63) is 102 Å². The maximum absolute atomic E-state index is 14.7. The van der Waals surface area contributed by atoms with Gasteiger partial charge < -0.3 is 92.0 Å². The molecule has 3 saturated heterocycles. The Labute approximate surface area is 550 Å². The first-order valence-electron chi connectivity index (χ1n) is 28.3. The largest absolute Gasteiger partial charge is 1.00 e. The van der Waals surface area contributed by atoms with E-state index in [0.29, 0.717) is 22.2 Å². The summed E-state index contributed by atoms with van der Waals surface area (Å²) >= 11 is 1.28. The van der Waals surface area contributed by atoms with Crippen LogP contribution in [0.3, 0.4) is 0 Å². The Kier molecular flexibility index (Phi) is 25.2. The number of ether oxygens (including phenoxy) is 1. The molecule has 91 heavy (non-hydrogen) atoms. The summed E-state index contributed by atoms with van der Waals surface area (Å²) in [6.45, 7) is 3.30. The molecule has 0 aliphatic carbocycles. The molecule has 8 amide bonds. The zero-order chi connectivity index (χ0) is 65.1. The molecule has 8 rings (SSSR count). The quantitative estimate of drug-likeness (QED) is 0.0128. The zero-order valence-electron chi connectivity index (χ0n) is 49.4. The van der Waals surface area contributed by atoms with Gasteiger partial charge >= 0.3 is 29.6 Å². The van der Waals surface area contributed by atoms with Gasteiger partial charge in [-0.25, -0.2) is 0 Å². The average molecular weight is 1310 g/mol. The topological polar surface area (TPSA) is 457 Å². The molecule has 3 fully saturated rings. The van der Waals surface area contributed by atoms with E-state index in [0.717, 1.165) is 51.3 Å². The molecule has 13 atom stereocenters. The van der Waals surface area contributed by atoms with E-state index >= 15 is 0 Å². The Morgan fingerprint density at radius 2 is 1.35 bits per heavy atom. The van der Waals surface area contributed by atoms with E-state index in [9.17, 15) is 79.4 Å². The van der Waals surface area contributed by atoms with Crippen LogP contribution in [-0.4, -0.2) is 202 Å². The van der Waals surface area contributed by atoms with E-state index in [1.165, 1.54) is 36.5 Å². The van der Waals surface area contributed by atoms with E-state index in [4.69, 9.17) is 14.7 Å². The fourth-order valence-corrected chi connectivity index (χ4v) is 11.7. The van der Waals surface area contributed by atoms with E-state index < -0.39 is 177 Å². The Morgan fingerprint density at radius 1 is 0.758 bits per heavy atom. The van der Waals surface area contributed by atoms with Gasteiger partial charge in [-0.05, 0) is 66.9 Å². The normalized spacial score (nSPS) is 24.6. The van der Waals surface area contributed by atoms with Crippen LogP contribution in [0.15, 0.2) is 91.0 Å². The summed E-state index contributed by atoms with van der Waals surface area (Å²) in [6, 6.07) is 13.2. The fourth-order valence-electron chi connectivity index (χ4n) is 10.6. The number of aromatic nitrogens is 2. The Bertz CT molecular complexity index is 3390. The number of phenols is 1. The van der Waals surface area contributed by atoms with Crippen LogP contribution < -0.4 is 76.1 Å². The minimum atomic E-state index is -2.23. The van der Waals surface area contributed by atoms with Gasteiger partial charge in [0.2, 0.25) is 41.4 Å². The summed E-state index contributed by atoms with van der Waals surface area (Å²) in [5.41, 5.74) is 8.82. The molecule has 33 heteroatoms. The Hall–Kier alpha value is -7.41. The molecule has 30 nitrogen and oxygen atoms in total. The number of β-amino-alcohol motifs (C(OH)–C–C–N with tert-alkyl or cyclic N) is 1. The molecule has 14 N–H and O–H groups in total. The van der Waals surface area contributed by atoms with Crippen molar-refractivity contribution in [2.45, 2.75) is 119 Å². The first-order valence-corrected chi connectivity index (χ1v) is 29.8. The number of carbonyl (C=O) groups is 8. The molecule has 1 aromatic heterocycles. The summed E-state index contributed by atoms with van der Waals surface area (Å²) in [6.07, 6.45) is -13.7. The van der Waals surface area contributed by atoms with Crippen molar-refractivity contribution < 1.29 is 127 Å². The molecule has 482 valence electrons. The van der Waals surface area contributed by atoms with Crippen LogP contribution in [0.2, 0.25) is 0 Å². The van der Waals surface area contributed by atoms with Gasteiger partial charge in [-0.15, -0.1) is 14.5 Å². The molecule has 12 unspecified atom stereocenters. The number of benzene rings is 4. The summed E-state index contributed by atoms with van der Waals surface area (Å²) in [4.78, 5) is 115. The maximum atomic E-state index is 14.7. The van der Waals surface area contributed by atoms with Gasteiger partial charge in [-0.1, -0.05) is 72.9 Å². The Balaban J connectivity index is 0.0000118. The molecule has 0 spiro atoms. The Morgan fingerprint density at radius 3 is 1.97 bits per heavy atom. The number of primary amides is 1. The summed E-state index contributed by atoms with van der Waals surface area (Å²) in [7, 11) is 0. The third kappa shape index (κ3) is 17.8. The molecule has 5 aromatic rings. The number of amides is 8. The van der Waals surface area contributed by atoms with Gasteiger partial charge in [0, 0.05) is 61.5 Å². The second kappa shape index (κ2) is 32.2. The second-order valence-electron chi connectivity index (χ2n) is 21.8. The third-order valence-corrected chi connectivity index (χ3v) is 16.6. The number of aliphatic hydroxyl groups is 6. The van der Waals surface area contributed by atoms with Gasteiger partial charge in [0.25, 0.3) is 18.2 Å². The molecular weight excluding hydrogens is 1240 g/mol. The number of aliphatic hydroxyl groups excluding tert-OH is 6. The van der Waals surface area contributed by atoms with Gasteiger partial charge in [-0.2, -0.15) is 0 Å². The van der Waals surface area contributed by atoms with Crippen LogP contribution in [0.4, 0.5) is 0 Å². The van der Waals surface area contributed by atoms with Gasteiger partial charge in [0.15, 0.2) is 11.5 Å². The van der Waals surface area contributed by atoms with Gasteiger partial charge in [0.05, 0.1) is 49.7 Å². The SMILES string of the molecule is CCOc1ccc(-c2ccc(-c3nnc(-c4ccc(C(=O)N[C@H]5CC(O)CNC(=O)C6C(O)C(C)CN6C(=O)C(C(O)CC(N)=O)NC(=O)C(C(O)Cc6ccc(O)c(OSOO[O-])c6)NC(=O)C6CC(O)CN6C(=O)C(C(C)O)NC5=O)cc4)s3)cc2)cc1.[Na+]. The van der Waals surface area contributed by atoms with Crippen molar-refractivity contribution >= 4 is 70.9 Å². The predicted molar refractivity (Wildman–Crippen MR) is 315 cm³/mol. The minimum absolute atomic E-state index is 0. The van der Waals surface area contributed by atoms with Crippen molar-refractivity contribution in [1.29, 1.82) is 0 Å². The maximum Gasteiger partial charge on any atom is 1.00 e. The predicted octanol–water partition coefficient (Wildman–Crippen LogP) is -5.36. The van der Waals surface area contributed by atoms with Gasteiger partial charge in [-0.3, -0.25) is 43.4 Å².